The summed E-state index contributed by atoms with van der Waals surface area (Å²) in [7, 11) is 1.68. The molecule has 0 radical (unpaired) electrons. The van der Waals surface area contributed by atoms with E-state index >= 15 is 0 Å². The Bertz CT molecular complexity index is 162. The van der Waals surface area contributed by atoms with Crippen LogP contribution in [0.1, 0.15) is 27.2 Å². The van der Waals surface area contributed by atoms with E-state index in [2.05, 4.69) is 31.4 Å². The van der Waals surface area contributed by atoms with Gasteiger partial charge in [-0.3, -0.25) is 0 Å². The topological polar surface area (TPSA) is 33.3 Å². The quantitative estimate of drug-likeness (QED) is 0.523. The Morgan fingerprint density at radius 2 is 2.07 bits per heavy atom. The van der Waals surface area contributed by atoms with Crippen LogP contribution >= 0.6 is 12.2 Å². The van der Waals surface area contributed by atoms with E-state index in [-0.39, 0.29) is 0 Å². The van der Waals surface area contributed by atoms with Crippen LogP contribution in [0.4, 0.5) is 0 Å². The van der Waals surface area contributed by atoms with Gasteiger partial charge in [0, 0.05) is 19.7 Å². The molecule has 3 nitrogen and oxygen atoms in total. The Morgan fingerprint density at radius 1 is 1.43 bits per heavy atom. The second-order valence-corrected chi connectivity index (χ2v) is 4.06. The van der Waals surface area contributed by atoms with Crippen LogP contribution in [0, 0.1) is 5.92 Å². The molecule has 4 heteroatoms. The summed E-state index contributed by atoms with van der Waals surface area (Å²) in [5.74, 6) is 0.599. The lowest BCUT2D eigenvalue weighted by atomic mass is 10.0. The van der Waals surface area contributed by atoms with Gasteiger partial charge in [0.1, 0.15) is 0 Å². The van der Waals surface area contributed by atoms with Crippen LogP contribution in [0.15, 0.2) is 0 Å². The van der Waals surface area contributed by atoms with E-state index in [0.717, 1.165) is 18.1 Å². The van der Waals surface area contributed by atoms with Crippen LogP contribution in [0.2, 0.25) is 0 Å². The van der Waals surface area contributed by atoms with Gasteiger partial charge < -0.3 is 15.4 Å². The molecule has 0 heterocycles. The average Bonchev–Trinajstić information content (AvgIpc) is 2.14. The number of rotatable bonds is 6. The van der Waals surface area contributed by atoms with Crippen molar-refractivity contribution in [3.63, 3.8) is 0 Å². The molecule has 0 rings (SSSR count). The van der Waals surface area contributed by atoms with Crippen molar-refractivity contribution in [2.75, 3.05) is 20.3 Å². The first kappa shape index (κ1) is 13.7. The number of hydrogen-bond acceptors (Lipinski definition) is 2. The lowest BCUT2D eigenvalue weighted by molar-refractivity contribution is 0.203. The first-order chi connectivity index (χ1) is 6.61. The smallest absolute Gasteiger partial charge is 0.166 e. The van der Waals surface area contributed by atoms with E-state index in [1.54, 1.807) is 7.11 Å². The van der Waals surface area contributed by atoms with Crippen molar-refractivity contribution in [3.05, 3.63) is 0 Å². The molecule has 0 aliphatic rings. The second-order valence-electron chi connectivity index (χ2n) is 3.65. The number of methoxy groups -OCH3 is 1. The fraction of sp³-hybridized carbons (Fsp3) is 0.900. The highest BCUT2D eigenvalue weighted by molar-refractivity contribution is 7.80. The second kappa shape index (κ2) is 8.00. The molecule has 2 N–H and O–H groups in total. The van der Waals surface area contributed by atoms with Crippen molar-refractivity contribution in [3.8, 4) is 0 Å². The third-order valence-electron chi connectivity index (χ3n) is 2.15. The summed E-state index contributed by atoms with van der Waals surface area (Å²) >= 11 is 5.15. The molecule has 0 amide bonds. The number of thiocarbonyl (C=S) groups is 1. The summed E-state index contributed by atoms with van der Waals surface area (Å²) in [4.78, 5) is 0. The third kappa shape index (κ3) is 6.16. The fourth-order valence-electron chi connectivity index (χ4n) is 1.23. The summed E-state index contributed by atoms with van der Waals surface area (Å²) in [6.07, 6.45) is 1.09. The molecule has 0 saturated carbocycles. The summed E-state index contributed by atoms with van der Waals surface area (Å²) < 4.78 is 4.92. The maximum Gasteiger partial charge on any atom is 0.166 e. The molecule has 0 aromatic carbocycles. The molecular weight excluding hydrogens is 196 g/mol. The zero-order valence-corrected chi connectivity index (χ0v) is 10.4. The molecule has 0 aliphatic heterocycles. The molecule has 0 fully saturated rings. The largest absolute Gasteiger partial charge is 0.383 e. The van der Waals surface area contributed by atoms with Crippen molar-refractivity contribution in [1.82, 2.24) is 10.6 Å². The normalized spacial score (nSPS) is 12.6. The SMILES string of the molecule is CCC(NC(=S)NCCOC)C(C)C. The number of nitrogens with one attached hydrogen (secondary N) is 2. The van der Waals surface area contributed by atoms with Gasteiger partial charge in [0.15, 0.2) is 5.11 Å². The van der Waals surface area contributed by atoms with Gasteiger partial charge in [0.05, 0.1) is 6.61 Å². The molecule has 14 heavy (non-hydrogen) atoms. The maximum atomic E-state index is 5.15. The molecule has 0 bridgehead atoms. The average molecular weight is 218 g/mol. The van der Waals surface area contributed by atoms with Crippen LogP contribution in [-0.4, -0.2) is 31.4 Å². The van der Waals surface area contributed by atoms with Gasteiger partial charge in [-0.2, -0.15) is 0 Å². The molecule has 0 aromatic heterocycles. The summed E-state index contributed by atoms with van der Waals surface area (Å²) in [5.41, 5.74) is 0. The highest BCUT2D eigenvalue weighted by atomic mass is 32.1. The monoisotopic (exact) mass is 218 g/mol. The van der Waals surface area contributed by atoms with Crippen LogP contribution in [0.25, 0.3) is 0 Å². The Kier molecular flexibility index (Phi) is 7.80. The number of hydrogen-bond donors (Lipinski definition) is 2. The molecule has 0 saturated heterocycles. The molecule has 1 unspecified atom stereocenters. The summed E-state index contributed by atoms with van der Waals surface area (Å²) in [6.45, 7) is 7.99. The third-order valence-corrected chi connectivity index (χ3v) is 2.41. The van der Waals surface area contributed by atoms with E-state index in [0.29, 0.717) is 18.6 Å². The van der Waals surface area contributed by atoms with Gasteiger partial charge in [-0.05, 0) is 24.6 Å². The van der Waals surface area contributed by atoms with Crippen molar-refractivity contribution >= 4 is 17.3 Å². The summed E-state index contributed by atoms with van der Waals surface area (Å²) in [5, 5.41) is 7.11. The van der Waals surface area contributed by atoms with E-state index < -0.39 is 0 Å². The Balaban J connectivity index is 3.68. The maximum absolute atomic E-state index is 5.15. The standard InChI is InChI=1S/C10H22N2OS/c1-5-9(8(2)3)12-10(14)11-6-7-13-4/h8-9H,5-7H2,1-4H3,(H2,11,12,14). The zero-order chi connectivity index (χ0) is 11.0. The molecular formula is C10H22N2OS. The fourth-order valence-corrected chi connectivity index (χ4v) is 1.48. The van der Waals surface area contributed by atoms with Gasteiger partial charge in [0.25, 0.3) is 0 Å². The minimum absolute atomic E-state index is 0.456. The first-order valence-corrected chi connectivity index (χ1v) is 5.55. The van der Waals surface area contributed by atoms with Gasteiger partial charge in [0.2, 0.25) is 0 Å². The van der Waals surface area contributed by atoms with Gasteiger partial charge in [-0.15, -0.1) is 0 Å². The summed E-state index contributed by atoms with van der Waals surface area (Å²) in [6, 6.07) is 0.456. The van der Waals surface area contributed by atoms with E-state index in [9.17, 15) is 0 Å². The van der Waals surface area contributed by atoms with E-state index in [4.69, 9.17) is 17.0 Å². The van der Waals surface area contributed by atoms with E-state index in [1.807, 2.05) is 0 Å². The van der Waals surface area contributed by atoms with Crippen LogP contribution < -0.4 is 10.6 Å². The Labute approximate surface area is 92.6 Å². The first-order valence-electron chi connectivity index (χ1n) is 5.15. The molecule has 1 atom stereocenters. The molecule has 0 spiro atoms. The lowest BCUT2D eigenvalue weighted by Gasteiger charge is -2.22. The van der Waals surface area contributed by atoms with Crippen molar-refractivity contribution in [1.29, 1.82) is 0 Å². The molecule has 0 aliphatic carbocycles. The molecule has 0 aromatic rings. The zero-order valence-electron chi connectivity index (χ0n) is 9.59. The lowest BCUT2D eigenvalue weighted by Crippen LogP contribution is -2.44. The predicted octanol–water partition coefficient (Wildman–Crippen LogP) is 1.53. The Hall–Kier alpha value is -0.350. The van der Waals surface area contributed by atoms with Crippen LogP contribution in [0.5, 0.6) is 0 Å². The highest BCUT2D eigenvalue weighted by Crippen LogP contribution is 2.04. The van der Waals surface area contributed by atoms with E-state index in [1.165, 1.54) is 0 Å². The molecule has 84 valence electrons. The van der Waals surface area contributed by atoms with Crippen molar-refractivity contribution in [2.24, 2.45) is 5.92 Å². The Morgan fingerprint density at radius 3 is 2.50 bits per heavy atom. The minimum Gasteiger partial charge on any atom is -0.383 e. The van der Waals surface area contributed by atoms with Crippen molar-refractivity contribution < 1.29 is 4.74 Å². The van der Waals surface area contributed by atoms with Gasteiger partial charge in [-0.1, -0.05) is 20.8 Å². The predicted molar refractivity (Wildman–Crippen MR) is 64.5 cm³/mol. The van der Waals surface area contributed by atoms with Gasteiger partial charge in [-0.25, -0.2) is 0 Å². The number of ether oxygens (including phenoxy) is 1. The highest BCUT2D eigenvalue weighted by Gasteiger charge is 2.11. The minimum atomic E-state index is 0.456. The van der Waals surface area contributed by atoms with Gasteiger partial charge >= 0.3 is 0 Å². The van der Waals surface area contributed by atoms with Crippen molar-refractivity contribution in [2.45, 2.75) is 33.2 Å². The van der Waals surface area contributed by atoms with Crippen LogP contribution in [0.3, 0.4) is 0 Å². The van der Waals surface area contributed by atoms with Crippen LogP contribution in [-0.2, 0) is 4.74 Å².